The lowest BCUT2D eigenvalue weighted by molar-refractivity contribution is 0.359. The van der Waals surface area contributed by atoms with Gasteiger partial charge in [0.1, 0.15) is 5.02 Å². The van der Waals surface area contributed by atoms with E-state index in [4.69, 9.17) is 11.6 Å². The van der Waals surface area contributed by atoms with Crippen molar-refractivity contribution in [1.82, 2.24) is 9.78 Å². The van der Waals surface area contributed by atoms with E-state index >= 15 is 0 Å². The molecule has 0 saturated carbocycles. The van der Waals surface area contributed by atoms with Crippen LogP contribution in [0.4, 0.5) is 0 Å². The Bertz CT molecular complexity index is 381. The maximum Gasteiger partial charge on any atom is 0.219 e. The first-order valence-electron chi connectivity index (χ1n) is 3.88. The smallest absolute Gasteiger partial charge is 0.219 e. The Kier molecular flexibility index (Phi) is 2.79. The van der Waals surface area contributed by atoms with Gasteiger partial charge in [0, 0.05) is 0 Å². The predicted molar refractivity (Wildman–Crippen MR) is 57.8 cm³/mol. The minimum absolute atomic E-state index is 0.172. The van der Waals surface area contributed by atoms with Gasteiger partial charge in [0.15, 0.2) is 0 Å². The zero-order valence-electron chi connectivity index (χ0n) is 7.84. The van der Waals surface area contributed by atoms with Crippen LogP contribution in [-0.2, 0) is 5.54 Å². The topological polar surface area (TPSA) is 34.9 Å². The molecule has 0 aliphatic rings. The van der Waals surface area contributed by atoms with Gasteiger partial charge >= 0.3 is 0 Å². The molecule has 13 heavy (non-hydrogen) atoms. The van der Waals surface area contributed by atoms with Gasteiger partial charge in [-0.2, -0.15) is 5.10 Å². The number of hydrogen-bond acceptors (Lipinski definition) is 2. The summed E-state index contributed by atoms with van der Waals surface area (Å²) >= 11 is 5.79. The van der Waals surface area contributed by atoms with Crippen LogP contribution in [0.2, 0.25) is 5.02 Å². The summed E-state index contributed by atoms with van der Waals surface area (Å²) in [5.74, 6) is 0. The van der Waals surface area contributed by atoms with Crippen molar-refractivity contribution in [2.24, 2.45) is 0 Å². The largest absolute Gasteiger partial charge is 0.286 e. The van der Waals surface area contributed by atoms with Crippen LogP contribution in [0.3, 0.4) is 0 Å². The SMILES string of the molecule is CC(C)(C)n1ncc(=O)c(Cl)c1P. The average molecular weight is 219 g/mol. The van der Waals surface area contributed by atoms with Gasteiger partial charge in [0.2, 0.25) is 5.43 Å². The van der Waals surface area contributed by atoms with E-state index in [0.717, 1.165) is 0 Å². The molecule has 0 spiro atoms. The summed E-state index contributed by atoms with van der Waals surface area (Å²) in [6.45, 7) is 5.98. The molecule has 0 aliphatic carbocycles. The maximum atomic E-state index is 11.1. The number of hydrogen-bond donors (Lipinski definition) is 0. The summed E-state index contributed by atoms with van der Waals surface area (Å²) < 4.78 is 1.71. The Morgan fingerprint density at radius 2 is 2.08 bits per heavy atom. The summed E-state index contributed by atoms with van der Waals surface area (Å²) in [7, 11) is 2.43. The van der Waals surface area contributed by atoms with Crippen molar-refractivity contribution in [3.8, 4) is 0 Å². The van der Waals surface area contributed by atoms with E-state index < -0.39 is 0 Å². The first-order valence-corrected chi connectivity index (χ1v) is 4.83. The first kappa shape index (κ1) is 10.7. The highest BCUT2D eigenvalue weighted by atomic mass is 35.5. The van der Waals surface area contributed by atoms with Gasteiger partial charge in [-0.15, -0.1) is 0 Å². The quantitative estimate of drug-likeness (QED) is 0.613. The normalized spacial score (nSPS) is 11.8. The molecule has 0 aliphatic heterocycles. The lowest BCUT2D eigenvalue weighted by Gasteiger charge is -2.23. The second-order valence-corrected chi connectivity index (χ2v) is 4.72. The molecule has 3 nitrogen and oxygen atoms in total. The molecular formula is C8H12ClN2OP. The fourth-order valence-electron chi connectivity index (χ4n) is 0.983. The Hall–Kier alpha value is -0.400. The highest BCUT2D eigenvalue weighted by Gasteiger charge is 2.17. The van der Waals surface area contributed by atoms with E-state index in [1.165, 1.54) is 6.20 Å². The fraction of sp³-hybridized carbons (Fsp3) is 0.500. The van der Waals surface area contributed by atoms with Crippen LogP contribution in [0.5, 0.6) is 0 Å². The number of halogens is 1. The molecule has 0 bridgehead atoms. The minimum atomic E-state index is -0.243. The van der Waals surface area contributed by atoms with Gasteiger partial charge in [0.05, 0.1) is 17.2 Å². The van der Waals surface area contributed by atoms with E-state index in [2.05, 4.69) is 14.3 Å². The molecular weight excluding hydrogens is 207 g/mol. The monoisotopic (exact) mass is 218 g/mol. The molecule has 5 heteroatoms. The van der Waals surface area contributed by atoms with Gasteiger partial charge in [-0.1, -0.05) is 20.8 Å². The standard InChI is InChI=1S/C8H12ClN2OP/c1-8(2,3)11-7(13)6(9)5(12)4-10-11/h4H,13H2,1-3H3. The van der Waals surface area contributed by atoms with E-state index in [1.807, 2.05) is 20.8 Å². The highest BCUT2D eigenvalue weighted by molar-refractivity contribution is 7.27. The van der Waals surface area contributed by atoms with Crippen molar-refractivity contribution in [3.63, 3.8) is 0 Å². The Labute approximate surface area is 84.3 Å². The number of nitrogens with zero attached hydrogens (tertiary/aromatic N) is 2. The van der Waals surface area contributed by atoms with Crippen molar-refractivity contribution in [2.45, 2.75) is 26.3 Å². The van der Waals surface area contributed by atoms with Gasteiger partial charge in [-0.25, -0.2) is 0 Å². The molecule has 0 aromatic carbocycles. The lowest BCUT2D eigenvalue weighted by Crippen LogP contribution is -2.35. The molecule has 0 fully saturated rings. The third-order valence-corrected chi connectivity index (χ3v) is 2.69. The molecule has 1 rings (SSSR count). The third-order valence-electron chi connectivity index (χ3n) is 1.60. The number of rotatable bonds is 0. The zero-order chi connectivity index (χ0) is 10.2. The van der Waals surface area contributed by atoms with E-state index in [-0.39, 0.29) is 16.0 Å². The van der Waals surface area contributed by atoms with Crippen LogP contribution in [-0.4, -0.2) is 9.78 Å². The second kappa shape index (κ2) is 3.39. The van der Waals surface area contributed by atoms with Crippen molar-refractivity contribution >= 4 is 26.3 Å². The summed E-state index contributed by atoms with van der Waals surface area (Å²) in [4.78, 5) is 11.1. The molecule has 0 saturated heterocycles. The predicted octanol–water partition coefficient (Wildman–Crippen LogP) is 1.15. The molecule has 72 valence electrons. The number of aromatic nitrogens is 2. The highest BCUT2D eigenvalue weighted by Crippen LogP contribution is 2.12. The van der Waals surface area contributed by atoms with Crippen LogP contribution in [0.1, 0.15) is 20.8 Å². The van der Waals surface area contributed by atoms with Gasteiger partial charge in [-0.05, 0) is 20.8 Å². The molecule has 1 aromatic heterocycles. The third kappa shape index (κ3) is 2.09. The van der Waals surface area contributed by atoms with Crippen molar-refractivity contribution < 1.29 is 0 Å². The molecule has 1 unspecified atom stereocenters. The van der Waals surface area contributed by atoms with Gasteiger partial charge in [-0.3, -0.25) is 9.48 Å². The minimum Gasteiger partial charge on any atom is -0.286 e. The summed E-state index contributed by atoms with van der Waals surface area (Å²) in [6.07, 6.45) is 1.24. The zero-order valence-corrected chi connectivity index (χ0v) is 9.75. The van der Waals surface area contributed by atoms with Crippen molar-refractivity contribution in [3.05, 3.63) is 21.4 Å². The summed E-state index contributed by atoms with van der Waals surface area (Å²) in [5, 5.41) is 4.23. The van der Waals surface area contributed by atoms with E-state index in [9.17, 15) is 4.79 Å². The molecule has 0 N–H and O–H groups in total. The molecule has 1 atom stereocenters. The van der Waals surface area contributed by atoms with Gasteiger partial charge < -0.3 is 0 Å². The molecule has 1 aromatic rings. The second-order valence-electron chi connectivity index (χ2n) is 3.79. The van der Waals surface area contributed by atoms with Crippen molar-refractivity contribution in [1.29, 1.82) is 0 Å². The summed E-state index contributed by atoms with van der Waals surface area (Å²) in [6, 6.07) is 0. The molecule has 1 heterocycles. The average Bonchev–Trinajstić information content (AvgIpc) is 1.98. The van der Waals surface area contributed by atoms with Crippen LogP contribution in [0.25, 0.3) is 0 Å². The fourth-order valence-corrected chi connectivity index (χ4v) is 1.71. The van der Waals surface area contributed by atoms with Crippen LogP contribution >= 0.6 is 20.8 Å². The molecule has 0 radical (unpaired) electrons. The van der Waals surface area contributed by atoms with Crippen molar-refractivity contribution in [2.75, 3.05) is 0 Å². The molecule has 0 amide bonds. The maximum absolute atomic E-state index is 11.1. The van der Waals surface area contributed by atoms with Crippen LogP contribution in [0.15, 0.2) is 11.0 Å². The van der Waals surface area contributed by atoms with Crippen LogP contribution < -0.4 is 10.9 Å². The first-order chi connectivity index (χ1) is 5.84. The van der Waals surface area contributed by atoms with E-state index in [1.54, 1.807) is 4.68 Å². The Morgan fingerprint density at radius 1 is 1.54 bits per heavy atom. The van der Waals surface area contributed by atoms with E-state index in [0.29, 0.717) is 5.44 Å². The summed E-state index contributed by atoms with van der Waals surface area (Å²) in [5.41, 5.74) is 0.211. The van der Waals surface area contributed by atoms with Gasteiger partial charge in [0.25, 0.3) is 0 Å². The Morgan fingerprint density at radius 3 is 2.54 bits per heavy atom. The lowest BCUT2D eigenvalue weighted by atomic mass is 10.1. The Balaban J connectivity index is 3.44. The van der Waals surface area contributed by atoms with Crippen LogP contribution in [0, 0.1) is 0 Å².